The quantitative estimate of drug-likeness (QED) is 0.520. The third-order valence-electron chi connectivity index (χ3n) is 4.64. The van der Waals surface area contributed by atoms with Gasteiger partial charge in [0.15, 0.2) is 11.0 Å². The number of nitrogens with zero attached hydrogens (tertiary/aromatic N) is 3. The first-order valence-electron chi connectivity index (χ1n) is 9.78. The molecule has 0 spiro atoms. The summed E-state index contributed by atoms with van der Waals surface area (Å²) in [5.74, 6) is -0.171. The number of hydrogen-bond donors (Lipinski definition) is 2. The molecule has 7 nitrogen and oxygen atoms in total. The van der Waals surface area contributed by atoms with Crippen LogP contribution in [0, 0.1) is 5.82 Å². The van der Waals surface area contributed by atoms with Gasteiger partial charge in [0.2, 0.25) is 5.91 Å². The normalized spacial score (nSPS) is 10.9. The fourth-order valence-electron chi connectivity index (χ4n) is 2.80. The highest BCUT2D eigenvalue weighted by Crippen LogP contribution is 2.19. The largest absolute Gasteiger partial charge is 0.345 e. The Bertz CT molecular complexity index is 1070. The standard InChI is InChI=1S/C22H24FN5O2S/c1-14(2)15-8-10-16(11-9-15)25-20(29)13-31-22-27-26-19(28(22)3)12-24-21(30)17-6-4-5-7-18(17)23/h4-11,14H,12-13H2,1-3H3,(H,24,30)(H,25,29). The molecule has 0 aliphatic carbocycles. The van der Waals surface area contributed by atoms with Gasteiger partial charge < -0.3 is 15.2 Å². The van der Waals surface area contributed by atoms with E-state index in [2.05, 4.69) is 34.7 Å². The zero-order valence-corrected chi connectivity index (χ0v) is 18.4. The van der Waals surface area contributed by atoms with Gasteiger partial charge in [0.05, 0.1) is 17.9 Å². The number of rotatable bonds is 8. The van der Waals surface area contributed by atoms with Gasteiger partial charge in [0, 0.05) is 12.7 Å². The Morgan fingerprint density at radius 1 is 1.10 bits per heavy atom. The third-order valence-corrected chi connectivity index (χ3v) is 5.66. The van der Waals surface area contributed by atoms with E-state index in [0.29, 0.717) is 16.9 Å². The van der Waals surface area contributed by atoms with Gasteiger partial charge in [-0.25, -0.2) is 4.39 Å². The van der Waals surface area contributed by atoms with E-state index in [1.807, 2.05) is 24.3 Å². The van der Waals surface area contributed by atoms with Crippen LogP contribution in [0.4, 0.5) is 10.1 Å². The lowest BCUT2D eigenvalue weighted by Crippen LogP contribution is -2.25. The Morgan fingerprint density at radius 2 is 1.81 bits per heavy atom. The first-order valence-corrected chi connectivity index (χ1v) is 10.8. The lowest BCUT2D eigenvalue weighted by molar-refractivity contribution is -0.113. The van der Waals surface area contributed by atoms with Gasteiger partial charge >= 0.3 is 0 Å². The molecule has 1 aromatic heterocycles. The van der Waals surface area contributed by atoms with Gasteiger partial charge in [-0.15, -0.1) is 10.2 Å². The second-order valence-electron chi connectivity index (χ2n) is 7.23. The second-order valence-corrected chi connectivity index (χ2v) is 8.18. The van der Waals surface area contributed by atoms with Crippen LogP contribution in [0.2, 0.25) is 0 Å². The van der Waals surface area contributed by atoms with Crippen LogP contribution in [0.1, 0.15) is 41.5 Å². The lowest BCUT2D eigenvalue weighted by Gasteiger charge is -2.08. The SMILES string of the molecule is CC(C)c1ccc(NC(=O)CSc2nnc(CNC(=O)c3ccccc3F)n2C)cc1. The monoisotopic (exact) mass is 441 g/mol. The van der Waals surface area contributed by atoms with E-state index in [1.165, 1.54) is 35.5 Å². The van der Waals surface area contributed by atoms with E-state index in [4.69, 9.17) is 0 Å². The van der Waals surface area contributed by atoms with Crippen molar-refractivity contribution >= 4 is 29.3 Å². The average Bonchev–Trinajstić information content (AvgIpc) is 3.10. The molecule has 0 aliphatic rings. The predicted molar refractivity (Wildman–Crippen MR) is 118 cm³/mol. The van der Waals surface area contributed by atoms with Crippen molar-refractivity contribution in [1.29, 1.82) is 0 Å². The van der Waals surface area contributed by atoms with Crippen LogP contribution in [0.5, 0.6) is 0 Å². The Labute approximate surface area is 184 Å². The van der Waals surface area contributed by atoms with E-state index in [0.717, 1.165) is 5.69 Å². The van der Waals surface area contributed by atoms with Crippen molar-refractivity contribution in [3.8, 4) is 0 Å². The van der Waals surface area contributed by atoms with Crippen molar-refractivity contribution < 1.29 is 14.0 Å². The fourth-order valence-corrected chi connectivity index (χ4v) is 3.53. The van der Waals surface area contributed by atoms with Crippen molar-refractivity contribution in [3.63, 3.8) is 0 Å². The molecule has 2 amide bonds. The van der Waals surface area contributed by atoms with E-state index >= 15 is 0 Å². The molecule has 31 heavy (non-hydrogen) atoms. The van der Waals surface area contributed by atoms with Crippen molar-refractivity contribution in [1.82, 2.24) is 20.1 Å². The van der Waals surface area contributed by atoms with Gasteiger partial charge in [-0.3, -0.25) is 9.59 Å². The van der Waals surface area contributed by atoms with Crippen LogP contribution in [-0.2, 0) is 18.4 Å². The number of amides is 2. The summed E-state index contributed by atoms with van der Waals surface area (Å²) < 4.78 is 15.4. The first-order chi connectivity index (χ1) is 14.8. The number of nitrogens with one attached hydrogen (secondary N) is 2. The van der Waals surface area contributed by atoms with E-state index in [-0.39, 0.29) is 23.8 Å². The molecule has 0 atom stereocenters. The number of hydrogen-bond acceptors (Lipinski definition) is 5. The lowest BCUT2D eigenvalue weighted by atomic mass is 10.0. The molecule has 0 radical (unpaired) electrons. The summed E-state index contributed by atoms with van der Waals surface area (Å²) in [5.41, 5.74) is 1.92. The highest BCUT2D eigenvalue weighted by molar-refractivity contribution is 7.99. The van der Waals surface area contributed by atoms with Crippen molar-refractivity contribution in [3.05, 3.63) is 71.3 Å². The van der Waals surface area contributed by atoms with Crippen LogP contribution >= 0.6 is 11.8 Å². The summed E-state index contributed by atoms with van der Waals surface area (Å²) in [4.78, 5) is 24.4. The van der Waals surface area contributed by atoms with Gasteiger partial charge in [-0.1, -0.05) is 49.9 Å². The fraction of sp³-hybridized carbons (Fsp3) is 0.273. The smallest absolute Gasteiger partial charge is 0.254 e. The second kappa shape index (κ2) is 10.2. The van der Waals surface area contributed by atoms with Crippen LogP contribution < -0.4 is 10.6 Å². The number of thioether (sulfide) groups is 1. The molecule has 0 aliphatic heterocycles. The summed E-state index contributed by atoms with van der Waals surface area (Å²) >= 11 is 1.24. The zero-order chi connectivity index (χ0) is 22.4. The van der Waals surface area contributed by atoms with E-state index in [9.17, 15) is 14.0 Å². The summed E-state index contributed by atoms with van der Waals surface area (Å²) in [6.07, 6.45) is 0. The van der Waals surface area contributed by atoms with Gasteiger partial charge in [0.1, 0.15) is 5.82 Å². The minimum atomic E-state index is -0.584. The molecule has 0 bridgehead atoms. The molecule has 3 aromatic rings. The number of halogens is 1. The average molecular weight is 442 g/mol. The molecular weight excluding hydrogens is 417 g/mol. The number of anilines is 1. The molecule has 9 heteroatoms. The van der Waals surface area contributed by atoms with Crippen LogP contribution in [-0.4, -0.2) is 32.3 Å². The number of carbonyl (C=O) groups excluding carboxylic acids is 2. The molecule has 0 saturated carbocycles. The highest BCUT2D eigenvalue weighted by atomic mass is 32.2. The third kappa shape index (κ3) is 5.91. The molecule has 0 unspecified atom stereocenters. The van der Waals surface area contributed by atoms with E-state index < -0.39 is 11.7 Å². The minimum absolute atomic E-state index is 0.0302. The van der Waals surface area contributed by atoms with Crippen molar-refractivity contribution in [2.75, 3.05) is 11.1 Å². The Balaban J connectivity index is 1.51. The molecule has 0 fully saturated rings. The van der Waals surface area contributed by atoms with Crippen LogP contribution in [0.15, 0.2) is 53.7 Å². The van der Waals surface area contributed by atoms with Crippen molar-refractivity contribution in [2.45, 2.75) is 31.5 Å². The minimum Gasteiger partial charge on any atom is -0.345 e. The van der Waals surface area contributed by atoms with E-state index in [1.54, 1.807) is 17.7 Å². The number of carbonyl (C=O) groups is 2. The van der Waals surface area contributed by atoms with Crippen LogP contribution in [0.3, 0.4) is 0 Å². The Kier molecular flexibility index (Phi) is 7.41. The topological polar surface area (TPSA) is 88.9 Å². The van der Waals surface area contributed by atoms with Crippen LogP contribution in [0.25, 0.3) is 0 Å². The Morgan fingerprint density at radius 3 is 2.48 bits per heavy atom. The Hall–Kier alpha value is -3.20. The molecule has 2 N–H and O–H groups in total. The highest BCUT2D eigenvalue weighted by Gasteiger charge is 2.15. The summed E-state index contributed by atoms with van der Waals surface area (Å²) in [7, 11) is 1.75. The number of aromatic nitrogens is 3. The predicted octanol–water partition coefficient (Wildman–Crippen LogP) is 3.74. The summed E-state index contributed by atoms with van der Waals surface area (Å²) in [6.45, 7) is 4.32. The maximum absolute atomic E-state index is 13.7. The number of benzene rings is 2. The molecule has 1 heterocycles. The maximum atomic E-state index is 13.7. The van der Waals surface area contributed by atoms with Gasteiger partial charge in [0.25, 0.3) is 5.91 Å². The summed E-state index contributed by atoms with van der Waals surface area (Å²) in [5, 5.41) is 14.1. The molecule has 3 rings (SSSR count). The van der Waals surface area contributed by atoms with Gasteiger partial charge in [-0.2, -0.15) is 0 Å². The molecule has 2 aromatic carbocycles. The molecular formula is C22H24FN5O2S. The zero-order valence-electron chi connectivity index (χ0n) is 17.6. The molecule has 0 saturated heterocycles. The summed E-state index contributed by atoms with van der Waals surface area (Å²) in [6, 6.07) is 13.5. The first kappa shape index (κ1) is 22.5. The maximum Gasteiger partial charge on any atom is 0.254 e. The van der Waals surface area contributed by atoms with Gasteiger partial charge in [-0.05, 0) is 35.7 Å². The van der Waals surface area contributed by atoms with Crippen molar-refractivity contribution in [2.24, 2.45) is 7.05 Å². The molecule has 162 valence electrons.